The summed E-state index contributed by atoms with van der Waals surface area (Å²) in [6.45, 7) is 10.1. The molecule has 0 aliphatic heterocycles. The second kappa shape index (κ2) is 6.05. The van der Waals surface area contributed by atoms with Crippen LogP contribution in [0.15, 0.2) is 43.5 Å². The van der Waals surface area contributed by atoms with Crippen LogP contribution in [-0.2, 0) is 0 Å². The topological polar surface area (TPSA) is 0 Å². The Hall–Kier alpha value is -1.56. The van der Waals surface area contributed by atoms with Crippen LogP contribution in [-0.4, -0.2) is 12.8 Å². The molecule has 0 spiro atoms. The molecule has 0 radical (unpaired) electrons. The van der Waals surface area contributed by atoms with Crippen LogP contribution in [0.1, 0.15) is 23.6 Å². The van der Waals surface area contributed by atoms with Crippen molar-refractivity contribution in [3.8, 4) is 0 Å². The molecule has 21 heavy (non-hydrogen) atoms. The first-order chi connectivity index (χ1) is 9.95. The molecular formula is C20H24Se. The summed E-state index contributed by atoms with van der Waals surface area (Å²) in [6.07, 6.45) is 8.29. The average molecular weight is 343 g/mol. The number of hydrogen-bond donors (Lipinski definition) is 0. The van der Waals surface area contributed by atoms with E-state index in [9.17, 15) is 0 Å². The van der Waals surface area contributed by atoms with Gasteiger partial charge in [0, 0.05) is 0 Å². The number of fused-ring (bicyclic) bond motifs is 1. The molecule has 0 N–H and O–H groups in total. The Morgan fingerprint density at radius 2 is 1.43 bits per heavy atom. The van der Waals surface area contributed by atoms with Crippen molar-refractivity contribution in [1.29, 1.82) is 0 Å². The number of hydrogen-bond acceptors (Lipinski definition) is 0. The van der Waals surface area contributed by atoms with Gasteiger partial charge in [-0.25, -0.2) is 0 Å². The van der Waals surface area contributed by atoms with Gasteiger partial charge in [0.1, 0.15) is 0 Å². The van der Waals surface area contributed by atoms with Crippen molar-refractivity contribution < 1.29 is 0 Å². The zero-order valence-corrected chi connectivity index (χ0v) is 15.2. The van der Waals surface area contributed by atoms with Crippen LogP contribution in [0, 0.1) is 0 Å². The van der Waals surface area contributed by atoms with Gasteiger partial charge in [-0.05, 0) is 0 Å². The van der Waals surface area contributed by atoms with E-state index in [0.29, 0.717) is 0 Å². The predicted octanol–water partition coefficient (Wildman–Crippen LogP) is 5.70. The van der Waals surface area contributed by atoms with Crippen LogP contribution in [0.5, 0.6) is 0 Å². The van der Waals surface area contributed by atoms with Gasteiger partial charge in [0.2, 0.25) is 0 Å². The van der Waals surface area contributed by atoms with E-state index in [2.05, 4.69) is 74.0 Å². The van der Waals surface area contributed by atoms with Gasteiger partial charge < -0.3 is 0 Å². The monoisotopic (exact) mass is 344 g/mol. The Balaban J connectivity index is 3.14. The van der Waals surface area contributed by atoms with Gasteiger partial charge in [-0.1, -0.05) is 0 Å². The molecule has 0 heterocycles. The van der Waals surface area contributed by atoms with E-state index in [0.717, 1.165) is 0 Å². The molecule has 0 saturated heterocycles. The zero-order chi connectivity index (χ0) is 15.6. The predicted molar refractivity (Wildman–Crippen MR) is 102 cm³/mol. The van der Waals surface area contributed by atoms with Crippen molar-refractivity contribution in [3.05, 3.63) is 60.2 Å². The van der Waals surface area contributed by atoms with Crippen LogP contribution in [0.25, 0.3) is 29.0 Å². The quantitative estimate of drug-likeness (QED) is 0.624. The summed E-state index contributed by atoms with van der Waals surface area (Å²) in [5.74, 6) is 7.27. The first-order valence-corrected chi connectivity index (χ1v) is 13.1. The fourth-order valence-electron chi connectivity index (χ4n) is 2.91. The van der Waals surface area contributed by atoms with Gasteiger partial charge >= 0.3 is 131 Å². The molecule has 0 aliphatic rings. The Bertz CT molecular complexity index is 728. The van der Waals surface area contributed by atoms with Crippen molar-refractivity contribution in [2.75, 3.05) is 0 Å². The molecule has 2 aromatic rings. The van der Waals surface area contributed by atoms with Crippen LogP contribution in [0.3, 0.4) is 0 Å². The van der Waals surface area contributed by atoms with Crippen LogP contribution >= 0.6 is 0 Å². The zero-order valence-electron chi connectivity index (χ0n) is 13.4. The molecule has 2 aromatic carbocycles. The maximum atomic E-state index is 4.05. The van der Waals surface area contributed by atoms with Gasteiger partial charge in [0.15, 0.2) is 0 Å². The molecule has 110 valence electrons. The minimum absolute atomic E-state index is 1.19. The summed E-state index contributed by atoms with van der Waals surface area (Å²) in [5.41, 5.74) is 3.73. The fraction of sp³-hybridized carbons (Fsp3) is 0.200. The second-order valence-electron chi connectivity index (χ2n) is 5.86. The maximum absolute atomic E-state index is 4.05. The number of benzene rings is 2. The summed E-state index contributed by atoms with van der Waals surface area (Å²) >= 11 is -1.69. The molecular weight excluding hydrogens is 319 g/mol. The second-order valence-corrected chi connectivity index (χ2v) is 14.4. The van der Waals surface area contributed by atoms with Crippen molar-refractivity contribution in [1.82, 2.24) is 0 Å². The molecule has 0 fully saturated rings. The Labute approximate surface area is 131 Å². The molecule has 0 unspecified atom stereocenters. The third-order valence-corrected chi connectivity index (χ3v) is 7.13. The molecule has 0 nitrogen and oxygen atoms in total. The van der Waals surface area contributed by atoms with Gasteiger partial charge in [0.05, 0.1) is 0 Å². The molecule has 0 saturated carbocycles. The first kappa shape index (κ1) is 15.8. The SMILES string of the molecule is C=Cc1c(/C=C\C)c([Se](C)(C)C)c2ccccc2c1C=C. The Morgan fingerprint density at radius 1 is 0.857 bits per heavy atom. The summed E-state index contributed by atoms with van der Waals surface area (Å²) in [7, 11) is 0. The molecule has 0 amide bonds. The minimum atomic E-state index is -1.69. The van der Waals surface area contributed by atoms with Crippen LogP contribution < -0.4 is 4.46 Å². The summed E-state index contributed by atoms with van der Waals surface area (Å²) in [5, 5.41) is 2.66. The van der Waals surface area contributed by atoms with Crippen molar-refractivity contribution in [2.24, 2.45) is 0 Å². The van der Waals surface area contributed by atoms with E-state index >= 15 is 0 Å². The van der Waals surface area contributed by atoms with Crippen LogP contribution in [0.4, 0.5) is 0 Å². The van der Waals surface area contributed by atoms with Crippen molar-refractivity contribution >= 4 is 46.3 Å². The third-order valence-electron chi connectivity index (χ3n) is 3.64. The molecule has 2 rings (SSSR count). The van der Waals surface area contributed by atoms with E-state index in [1.807, 2.05) is 12.2 Å². The fourth-order valence-corrected chi connectivity index (χ4v) is 6.42. The van der Waals surface area contributed by atoms with E-state index in [1.54, 1.807) is 0 Å². The third kappa shape index (κ3) is 2.77. The Morgan fingerprint density at radius 3 is 1.90 bits per heavy atom. The van der Waals surface area contributed by atoms with E-state index in [1.165, 1.54) is 31.9 Å². The van der Waals surface area contributed by atoms with Gasteiger partial charge in [-0.3, -0.25) is 0 Å². The van der Waals surface area contributed by atoms with Crippen molar-refractivity contribution in [3.63, 3.8) is 0 Å². The van der Waals surface area contributed by atoms with E-state index in [4.69, 9.17) is 0 Å². The van der Waals surface area contributed by atoms with Gasteiger partial charge in [-0.2, -0.15) is 0 Å². The van der Waals surface area contributed by atoms with E-state index < -0.39 is 12.8 Å². The molecule has 0 bridgehead atoms. The molecule has 0 atom stereocenters. The summed E-state index contributed by atoms with van der Waals surface area (Å²) in [6, 6.07) is 8.69. The summed E-state index contributed by atoms with van der Waals surface area (Å²) in [4.78, 5) is 0. The normalized spacial score (nSPS) is 12.8. The average Bonchev–Trinajstić information content (AvgIpc) is 2.44. The van der Waals surface area contributed by atoms with Crippen LogP contribution in [0.2, 0.25) is 17.5 Å². The number of allylic oxidation sites excluding steroid dienone is 1. The summed E-state index contributed by atoms with van der Waals surface area (Å²) < 4.78 is 1.53. The molecule has 0 aliphatic carbocycles. The van der Waals surface area contributed by atoms with Gasteiger partial charge in [-0.15, -0.1) is 0 Å². The van der Waals surface area contributed by atoms with Crippen molar-refractivity contribution in [2.45, 2.75) is 24.4 Å². The standard InChI is InChI=1S/C20H24Se/c1-7-12-18-16(9-3)15(8-2)17-13-10-11-14-19(17)20(18)21(4,5)6/h7-14H,2-3H2,1,4-6H3/b12-7-. The van der Waals surface area contributed by atoms with E-state index in [-0.39, 0.29) is 0 Å². The molecule has 1 heteroatoms. The van der Waals surface area contributed by atoms with Gasteiger partial charge in [0.25, 0.3) is 0 Å². The first-order valence-electron chi connectivity index (χ1n) is 7.10. The number of rotatable bonds is 4. The molecule has 0 aromatic heterocycles. The Kier molecular flexibility index (Phi) is 4.56.